The second-order valence-corrected chi connectivity index (χ2v) is 9.05. The summed E-state index contributed by atoms with van der Waals surface area (Å²) in [5, 5.41) is 14.5. The molecule has 0 saturated carbocycles. The molecule has 0 bridgehead atoms. The van der Waals surface area contributed by atoms with Gasteiger partial charge >= 0.3 is 6.09 Å². The first-order chi connectivity index (χ1) is 18.5. The number of rotatable bonds is 5. The van der Waals surface area contributed by atoms with Gasteiger partial charge in [0.1, 0.15) is 18.0 Å². The van der Waals surface area contributed by atoms with Gasteiger partial charge in [0.25, 0.3) is 5.56 Å². The number of anilines is 1. The Morgan fingerprint density at radius 2 is 2.03 bits per heavy atom. The Kier molecular flexibility index (Phi) is 5.92. The molecule has 2 N–H and O–H groups in total. The van der Waals surface area contributed by atoms with Gasteiger partial charge in [0.2, 0.25) is 0 Å². The lowest BCUT2D eigenvalue weighted by Gasteiger charge is -2.14. The summed E-state index contributed by atoms with van der Waals surface area (Å²) in [5.41, 5.74) is 3.91. The summed E-state index contributed by atoms with van der Waals surface area (Å²) in [5.74, 6) is 1.33. The van der Waals surface area contributed by atoms with Crippen LogP contribution in [0.25, 0.3) is 28.2 Å². The Morgan fingerprint density at radius 1 is 1.18 bits per heavy atom. The number of carbonyl (C=O) groups is 1. The average molecular weight is 530 g/mol. The van der Waals surface area contributed by atoms with Crippen molar-refractivity contribution in [3.05, 3.63) is 88.1 Å². The summed E-state index contributed by atoms with van der Waals surface area (Å²) in [6.45, 7) is 0. The molecule has 0 saturated heterocycles. The molecule has 0 aliphatic carbocycles. The van der Waals surface area contributed by atoms with Crippen molar-refractivity contribution in [1.82, 2.24) is 39.7 Å². The highest BCUT2D eigenvalue weighted by Crippen LogP contribution is 2.32. The third-order valence-electron chi connectivity index (χ3n) is 6.35. The highest BCUT2D eigenvalue weighted by Gasteiger charge is 2.29. The van der Waals surface area contributed by atoms with Gasteiger partial charge < -0.3 is 9.72 Å². The van der Waals surface area contributed by atoms with Crippen molar-refractivity contribution in [3.8, 4) is 28.2 Å². The molecule has 0 spiro atoms. The normalized spacial score (nSPS) is 14.3. The van der Waals surface area contributed by atoms with Crippen LogP contribution < -0.4 is 10.9 Å². The molecule has 1 amide bonds. The lowest BCUT2D eigenvalue weighted by molar-refractivity contribution is 0.187. The van der Waals surface area contributed by atoms with E-state index in [-0.39, 0.29) is 11.6 Å². The van der Waals surface area contributed by atoms with Crippen molar-refractivity contribution in [2.24, 2.45) is 0 Å². The molecule has 3 aromatic heterocycles. The second kappa shape index (κ2) is 9.56. The van der Waals surface area contributed by atoms with E-state index in [0.29, 0.717) is 52.1 Å². The quantitative estimate of drug-likeness (QED) is 0.351. The number of amides is 1. The molecule has 4 heterocycles. The molecular formula is C25H20ClN9O3. The molecule has 6 rings (SSSR count). The molecule has 2 aromatic carbocycles. The van der Waals surface area contributed by atoms with Crippen LogP contribution in [0.2, 0.25) is 5.02 Å². The maximum absolute atomic E-state index is 13.4. The van der Waals surface area contributed by atoms with Gasteiger partial charge in [-0.05, 0) is 52.7 Å². The number of benzene rings is 2. The van der Waals surface area contributed by atoms with E-state index in [1.54, 1.807) is 41.1 Å². The number of nitrogens with zero attached hydrogens (tertiary/aromatic N) is 7. The molecule has 1 aliphatic heterocycles. The van der Waals surface area contributed by atoms with Crippen LogP contribution in [0.15, 0.2) is 65.8 Å². The highest BCUT2D eigenvalue weighted by atomic mass is 35.5. The van der Waals surface area contributed by atoms with Gasteiger partial charge in [-0.25, -0.2) is 14.8 Å². The van der Waals surface area contributed by atoms with Crippen molar-refractivity contribution >= 4 is 23.4 Å². The zero-order valence-corrected chi connectivity index (χ0v) is 20.8. The minimum absolute atomic E-state index is 0.189. The fourth-order valence-corrected chi connectivity index (χ4v) is 4.75. The maximum Gasteiger partial charge on any atom is 0.411 e. The van der Waals surface area contributed by atoms with Crippen LogP contribution in [0.4, 0.5) is 10.5 Å². The fraction of sp³-hybridized carbons (Fsp3) is 0.160. The van der Waals surface area contributed by atoms with E-state index in [0.717, 1.165) is 11.3 Å². The van der Waals surface area contributed by atoms with Crippen LogP contribution >= 0.6 is 11.6 Å². The summed E-state index contributed by atoms with van der Waals surface area (Å²) in [7, 11) is 1.31. The van der Waals surface area contributed by atoms with Crippen LogP contribution in [-0.4, -0.2) is 52.9 Å². The summed E-state index contributed by atoms with van der Waals surface area (Å²) in [6, 6.07) is 13.7. The Labute approximate surface area is 220 Å². The fourth-order valence-electron chi connectivity index (χ4n) is 4.58. The molecule has 38 heavy (non-hydrogen) atoms. The van der Waals surface area contributed by atoms with Crippen LogP contribution in [0.5, 0.6) is 0 Å². The lowest BCUT2D eigenvalue weighted by atomic mass is 10.1. The number of aromatic nitrogens is 8. The van der Waals surface area contributed by atoms with Gasteiger partial charge in [0.05, 0.1) is 36.4 Å². The zero-order chi connectivity index (χ0) is 26.2. The standard InChI is InChI=1S/C25H20ClN9O3/c1-38-25(37)29-16-5-2-14(3-6-16)19-12-27-24(31-19)21-8-9-22-30-18(11-23(36)35(21)22)17-10-15(26)4-7-20(17)34-13-28-32-33-34/h2-7,10-13,21H,8-9H2,1H3,(H,27,31)(H,29,37). The minimum Gasteiger partial charge on any atom is -0.453 e. The number of halogens is 1. The van der Waals surface area contributed by atoms with Crippen molar-refractivity contribution in [2.75, 3.05) is 12.4 Å². The summed E-state index contributed by atoms with van der Waals surface area (Å²) >= 11 is 6.27. The van der Waals surface area contributed by atoms with Gasteiger partial charge in [-0.15, -0.1) is 5.10 Å². The average Bonchev–Trinajstić information content (AvgIpc) is 3.70. The van der Waals surface area contributed by atoms with Gasteiger partial charge in [-0.1, -0.05) is 23.7 Å². The molecule has 0 fully saturated rings. The third kappa shape index (κ3) is 4.30. The molecule has 13 heteroatoms. The number of carbonyl (C=O) groups excluding carboxylic acids is 1. The van der Waals surface area contributed by atoms with E-state index in [1.807, 2.05) is 12.1 Å². The number of nitrogens with one attached hydrogen (secondary N) is 2. The van der Waals surface area contributed by atoms with E-state index in [2.05, 4.69) is 35.5 Å². The summed E-state index contributed by atoms with van der Waals surface area (Å²) in [6.07, 6.45) is 3.95. The van der Waals surface area contributed by atoms with Crippen LogP contribution in [0.3, 0.4) is 0 Å². The Bertz CT molecular complexity index is 1690. The number of imidazole rings is 1. The van der Waals surface area contributed by atoms with E-state index in [9.17, 15) is 9.59 Å². The number of ether oxygens (including phenoxy) is 1. The van der Waals surface area contributed by atoms with E-state index in [1.165, 1.54) is 24.2 Å². The third-order valence-corrected chi connectivity index (χ3v) is 6.58. The highest BCUT2D eigenvalue weighted by molar-refractivity contribution is 6.31. The largest absolute Gasteiger partial charge is 0.453 e. The first kappa shape index (κ1) is 23.6. The molecule has 12 nitrogen and oxygen atoms in total. The summed E-state index contributed by atoms with van der Waals surface area (Å²) in [4.78, 5) is 37.5. The van der Waals surface area contributed by atoms with E-state index in [4.69, 9.17) is 16.6 Å². The number of hydrogen-bond donors (Lipinski definition) is 2. The minimum atomic E-state index is -0.536. The van der Waals surface area contributed by atoms with E-state index >= 15 is 0 Å². The lowest BCUT2D eigenvalue weighted by Crippen LogP contribution is -2.25. The molecule has 5 aromatic rings. The number of methoxy groups -OCH3 is 1. The predicted molar refractivity (Wildman–Crippen MR) is 138 cm³/mol. The van der Waals surface area contributed by atoms with Crippen LogP contribution in [0, 0.1) is 0 Å². The topological polar surface area (TPSA) is 146 Å². The van der Waals surface area contributed by atoms with Gasteiger partial charge in [-0.2, -0.15) is 4.68 Å². The summed E-state index contributed by atoms with van der Waals surface area (Å²) < 4.78 is 7.79. The second-order valence-electron chi connectivity index (χ2n) is 8.61. The molecule has 190 valence electrons. The maximum atomic E-state index is 13.4. The number of fused-ring (bicyclic) bond motifs is 1. The van der Waals surface area contributed by atoms with Gasteiger partial charge in [-0.3, -0.25) is 14.7 Å². The van der Waals surface area contributed by atoms with E-state index < -0.39 is 6.09 Å². The van der Waals surface area contributed by atoms with Crippen LogP contribution in [0.1, 0.15) is 24.1 Å². The Morgan fingerprint density at radius 3 is 2.79 bits per heavy atom. The molecule has 1 atom stereocenters. The van der Waals surface area contributed by atoms with Crippen molar-refractivity contribution in [1.29, 1.82) is 0 Å². The Hall–Kier alpha value is -4.84. The molecule has 1 aliphatic rings. The first-order valence-corrected chi connectivity index (χ1v) is 12.0. The monoisotopic (exact) mass is 529 g/mol. The van der Waals surface area contributed by atoms with Crippen molar-refractivity contribution < 1.29 is 9.53 Å². The number of aromatic amines is 1. The van der Waals surface area contributed by atoms with Gasteiger partial charge in [0, 0.05) is 28.8 Å². The number of H-pyrrole nitrogens is 1. The van der Waals surface area contributed by atoms with Crippen molar-refractivity contribution in [2.45, 2.75) is 18.9 Å². The molecular weight excluding hydrogens is 510 g/mol. The number of tetrazole rings is 1. The Balaban J connectivity index is 1.30. The van der Waals surface area contributed by atoms with Crippen LogP contribution in [-0.2, 0) is 11.2 Å². The first-order valence-electron chi connectivity index (χ1n) is 11.7. The molecule has 0 radical (unpaired) electrons. The smallest absolute Gasteiger partial charge is 0.411 e. The zero-order valence-electron chi connectivity index (χ0n) is 20.0. The van der Waals surface area contributed by atoms with Gasteiger partial charge in [0.15, 0.2) is 0 Å². The van der Waals surface area contributed by atoms with Crippen molar-refractivity contribution in [3.63, 3.8) is 0 Å². The number of aryl methyl sites for hydroxylation is 1. The SMILES string of the molecule is COC(=O)Nc1ccc(-c2cnc(C3CCc4nc(-c5cc(Cl)ccc5-n5cnnn5)cc(=O)n43)[nH]2)cc1. The number of hydrogen-bond acceptors (Lipinski definition) is 8. The molecule has 1 unspecified atom stereocenters. The predicted octanol–water partition coefficient (Wildman–Crippen LogP) is 3.64.